The minimum Gasteiger partial charge on any atom is -0.493 e. The maximum Gasteiger partial charge on any atom is 0.339 e. The minimum atomic E-state index is -0.414. The van der Waals surface area contributed by atoms with Crippen molar-refractivity contribution in [2.45, 2.75) is 33.3 Å². The molecule has 144 valence electrons. The first kappa shape index (κ1) is 20.8. The molecule has 0 aliphatic heterocycles. The Kier molecular flexibility index (Phi) is 7.67. The van der Waals surface area contributed by atoms with E-state index in [0.717, 1.165) is 27.7 Å². The molecule has 2 amide bonds. The van der Waals surface area contributed by atoms with Crippen LogP contribution in [0.25, 0.3) is 0 Å². The van der Waals surface area contributed by atoms with Crippen molar-refractivity contribution in [2.75, 3.05) is 12.4 Å². The number of halogens is 1. The first-order valence-electron chi connectivity index (χ1n) is 8.64. The van der Waals surface area contributed by atoms with Crippen LogP contribution in [0.5, 0.6) is 11.5 Å². The second kappa shape index (κ2) is 9.97. The third-order valence-corrected chi connectivity index (χ3v) is 4.51. The number of aryl methyl sites for hydroxylation is 1. The quantitative estimate of drug-likeness (QED) is 0.471. The SMILES string of the molecule is CCC(C)Oc1c(Br)cc(C=NNC(=O)Nc2ccccc2C)cc1OC. The zero-order valence-corrected chi connectivity index (χ0v) is 17.5. The average Bonchev–Trinajstić information content (AvgIpc) is 2.65. The summed E-state index contributed by atoms with van der Waals surface area (Å²) in [7, 11) is 1.58. The topological polar surface area (TPSA) is 72.0 Å². The van der Waals surface area contributed by atoms with Gasteiger partial charge < -0.3 is 14.8 Å². The standard InChI is InChI=1S/C20H24BrN3O3/c1-5-14(3)27-19-16(21)10-15(11-18(19)26-4)12-22-24-20(25)23-17-9-7-6-8-13(17)2/h6-12,14H,5H2,1-4H3,(H2,23,24,25). The molecule has 6 nitrogen and oxygen atoms in total. The lowest BCUT2D eigenvalue weighted by Crippen LogP contribution is -2.24. The number of ether oxygens (including phenoxy) is 2. The number of anilines is 1. The molecule has 2 aromatic rings. The lowest BCUT2D eigenvalue weighted by molar-refractivity contribution is 0.206. The number of hydrazone groups is 1. The van der Waals surface area contributed by atoms with Crippen molar-refractivity contribution in [3.05, 3.63) is 52.0 Å². The molecule has 1 atom stereocenters. The normalized spacial score (nSPS) is 11.9. The summed E-state index contributed by atoms with van der Waals surface area (Å²) in [5, 5.41) is 6.74. The summed E-state index contributed by atoms with van der Waals surface area (Å²) in [6.07, 6.45) is 2.50. The largest absolute Gasteiger partial charge is 0.493 e. The number of hydrogen-bond acceptors (Lipinski definition) is 4. The molecule has 0 aromatic heterocycles. The number of para-hydroxylation sites is 1. The lowest BCUT2D eigenvalue weighted by Gasteiger charge is -2.17. The van der Waals surface area contributed by atoms with Crippen molar-refractivity contribution in [2.24, 2.45) is 5.10 Å². The van der Waals surface area contributed by atoms with Crippen LogP contribution >= 0.6 is 15.9 Å². The van der Waals surface area contributed by atoms with Gasteiger partial charge >= 0.3 is 6.03 Å². The summed E-state index contributed by atoms with van der Waals surface area (Å²) in [5.74, 6) is 1.24. The monoisotopic (exact) mass is 433 g/mol. The second-order valence-corrected chi connectivity index (χ2v) is 6.86. The van der Waals surface area contributed by atoms with Crippen molar-refractivity contribution in [3.8, 4) is 11.5 Å². The van der Waals surface area contributed by atoms with Gasteiger partial charge in [-0.25, -0.2) is 10.2 Å². The maximum atomic E-state index is 12.0. The van der Waals surface area contributed by atoms with Gasteiger partial charge in [0.15, 0.2) is 11.5 Å². The van der Waals surface area contributed by atoms with Gasteiger partial charge in [0, 0.05) is 5.69 Å². The van der Waals surface area contributed by atoms with Gasteiger partial charge in [0.25, 0.3) is 0 Å². The Balaban J connectivity index is 2.05. The number of carbonyl (C=O) groups is 1. The highest BCUT2D eigenvalue weighted by atomic mass is 79.9. The van der Waals surface area contributed by atoms with E-state index in [1.54, 1.807) is 13.2 Å². The molecule has 2 N–H and O–H groups in total. The number of hydrogen-bond donors (Lipinski definition) is 2. The van der Waals surface area contributed by atoms with Crippen LogP contribution in [-0.4, -0.2) is 25.5 Å². The van der Waals surface area contributed by atoms with Crippen LogP contribution in [0.2, 0.25) is 0 Å². The molecule has 2 rings (SSSR count). The molecule has 0 bridgehead atoms. The van der Waals surface area contributed by atoms with Crippen LogP contribution in [0.4, 0.5) is 10.5 Å². The number of urea groups is 1. The molecule has 0 heterocycles. The zero-order chi connectivity index (χ0) is 19.8. The summed E-state index contributed by atoms with van der Waals surface area (Å²) in [5.41, 5.74) is 4.92. The summed E-state index contributed by atoms with van der Waals surface area (Å²) in [6.45, 7) is 5.98. The Morgan fingerprint density at radius 1 is 1.33 bits per heavy atom. The second-order valence-electron chi connectivity index (χ2n) is 6.01. The molecule has 0 aliphatic carbocycles. The number of benzene rings is 2. The Morgan fingerprint density at radius 2 is 2.07 bits per heavy atom. The first-order chi connectivity index (χ1) is 12.9. The fraction of sp³-hybridized carbons (Fsp3) is 0.300. The van der Waals surface area contributed by atoms with Crippen molar-refractivity contribution < 1.29 is 14.3 Å². The Labute approximate surface area is 168 Å². The summed E-state index contributed by atoms with van der Waals surface area (Å²) >= 11 is 3.50. The van der Waals surface area contributed by atoms with Gasteiger partial charge in [-0.1, -0.05) is 25.1 Å². The Hall–Kier alpha value is -2.54. The average molecular weight is 434 g/mol. The molecule has 0 aliphatic rings. The predicted molar refractivity (Wildman–Crippen MR) is 112 cm³/mol. The molecule has 7 heteroatoms. The van der Waals surface area contributed by atoms with Crippen molar-refractivity contribution >= 4 is 33.9 Å². The molecular formula is C20H24BrN3O3. The van der Waals surface area contributed by atoms with Gasteiger partial charge in [-0.05, 0) is 65.5 Å². The highest BCUT2D eigenvalue weighted by molar-refractivity contribution is 9.10. The molecule has 2 aromatic carbocycles. The number of carbonyl (C=O) groups excluding carboxylic acids is 1. The number of rotatable bonds is 7. The van der Waals surface area contributed by atoms with Gasteiger partial charge in [-0.3, -0.25) is 0 Å². The fourth-order valence-electron chi connectivity index (χ4n) is 2.24. The first-order valence-corrected chi connectivity index (χ1v) is 9.43. The maximum absolute atomic E-state index is 12.0. The Bertz CT molecular complexity index is 824. The molecular weight excluding hydrogens is 410 g/mol. The molecule has 0 spiro atoms. The molecule has 27 heavy (non-hydrogen) atoms. The van der Waals surface area contributed by atoms with Crippen LogP contribution in [0.1, 0.15) is 31.4 Å². The smallest absolute Gasteiger partial charge is 0.339 e. The lowest BCUT2D eigenvalue weighted by atomic mass is 10.2. The minimum absolute atomic E-state index is 0.0709. The van der Waals surface area contributed by atoms with Crippen molar-refractivity contribution in [3.63, 3.8) is 0 Å². The molecule has 0 radical (unpaired) electrons. The number of nitrogens with zero attached hydrogens (tertiary/aromatic N) is 1. The highest BCUT2D eigenvalue weighted by Gasteiger charge is 2.13. The van der Waals surface area contributed by atoms with Crippen LogP contribution in [-0.2, 0) is 0 Å². The third-order valence-electron chi connectivity index (χ3n) is 3.92. The third kappa shape index (κ3) is 5.99. The fourth-order valence-corrected chi connectivity index (χ4v) is 2.80. The number of methoxy groups -OCH3 is 1. The van der Waals surface area contributed by atoms with E-state index in [4.69, 9.17) is 9.47 Å². The van der Waals surface area contributed by atoms with Crippen LogP contribution < -0.4 is 20.2 Å². The van der Waals surface area contributed by atoms with Crippen LogP contribution in [0, 0.1) is 6.92 Å². The van der Waals surface area contributed by atoms with Gasteiger partial charge in [0.2, 0.25) is 0 Å². The van der Waals surface area contributed by atoms with E-state index >= 15 is 0 Å². The van der Waals surface area contributed by atoms with Gasteiger partial charge in [0.05, 0.1) is 23.9 Å². The molecule has 0 saturated heterocycles. The summed E-state index contributed by atoms with van der Waals surface area (Å²) in [6, 6.07) is 10.8. The van der Waals surface area contributed by atoms with Crippen molar-refractivity contribution in [1.29, 1.82) is 0 Å². The van der Waals surface area contributed by atoms with E-state index in [2.05, 4.69) is 38.7 Å². The van der Waals surface area contributed by atoms with E-state index < -0.39 is 6.03 Å². The van der Waals surface area contributed by atoms with Crippen LogP contribution in [0.3, 0.4) is 0 Å². The van der Waals surface area contributed by atoms with Gasteiger partial charge in [0.1, 0.15) is 0 Å². The zero-order valence-electron chi connectivity index (χ0n) is 15.9. The number of nitrogens with one attached hydrogen (secondary N) is 2. The van der Waals surface area contributed by atoms with E-state index in [1.807, 2.05) is 44.2 Å². The van der Waals surface area contributed by atoms with E-state index in [1.165, 1.54) is 6.21 Å². The highest BCUT2D eigenvalue weighted by Crippen LogP contribution is 2.37. The van der Waals surface area contributed by atoms with E-state index in [9.17, 15) is 4.79 Å². The van der Waals surface area contributed by atoms with Crippen LogP contribution in [0.15, 0.2) is 46.0 Å². The Morgan fingerprint density at radius 3 is 2.74 bits per heavy atom. The summed E-state index contributed by atoms with van der Waals surface area (Å²) < 4.78 is 12.1. The molecule has 1 unspecified atom stereocenters. The summed E-state index contributed by atoms with van der Waals surface area (Å²) in [4.78, 5) is 12.0. The molecule has 0 fully saturated rings. The van der Waals surface area contributed by atoms with E-state index in [0.29, 0.717) is 11.5 Å². The van der Waals surface area contributed by atoms with E-state index in [-0.39, 0.29) is 6.10 Å². The van der Waals surface area contributed by atoms with Crippen molar-refractivity contribution in [1.82, 2.24) is 5.43 Å². The van der Waals surface area contributed by atoms with Gasteiger partial charge in [-0.2, -0.15) is 5.10 Å². The predicted octanol–water partition coefficient (Wildman–Crippen LogP) is 5.10. The number of amides is 2. The molecule has 0 saturated carbocycles. The van der Waals surface area contributed by atoms with Gasteiger partial charge in [-0.15, -0.1) is 0 Å².